The fourth-order valence-corrected chi connectivity index (χ4v) is 6.74. The Balaban J connectivity index is 0.000000242. The molecule has 1 aliphatic heterocycles. The topological polar surface area (TPSA) is 39.1 Å². The van der Waals surface area contributed by atoms with Gasteiger partial charge in [0.2, 0.25) is 0 Å². The van der Waals surface area contributed by atoms with Crippen LogP contribution in [0.3, 0.4) is 0 Å². The second-order valence-electron chi connectivity index (χ2n) is 14.0. The van der Waals surface area contributed by atoms with Gasteiger partial charge < -0.3 is 10.2 Å². The van der Waals surface area contributed by atoms with Crippen molar-refractivity contribution in [3.63, 3.8) is 0 Å². The number of aryl methyl sites for hydroxylation is 1. The number of alkyl halides is 2. The highest BCUT2D eigenvalue weighted by Gasteiger charge is 2.34. The van der Waals surface area contributed by atoms with Crippen LogP contribution in [0.25, 0.3) is 11.1 Å². The lowest BCUT2D eigenvalue weighted by Gasteiger charge is -2.42. The van der Waals surface area contributed by atoms with E-state index in [1.54, 1.807) is 19.1 Å². The highest BCUT2D eigenvalue weighted by Crippen LogP contribution is 2.38. The molecule has 1 aliphatic carbocycles. The van der Waals surface area contributed by atoms with Crippen molar-refractivity contribution in [3.05, 3.63) is 101 Å². The van der Waals surface area contributed by atoms with Crippen LogP contribution in [0.2, 0.25) is 0 Å². The van der Waals surface area contributed by atoms with Crippen LogP contribution in [-0.2, 0) is 11.3 Å². The molecular weight excluding hydrogens is 596 g/mol. The van der Waals surface area contributed by atoms with E-state index in [1.165, 1.54) is 94.5 Å². The van der Waals surface area contributed by atoms with Gasteiger partial charge in [-0.05, 0) is 104 Å². The van der Waals surface area contributed by atoms with E-state index < -0.39 is 5.92 Å². The van der Waals surface area contributed by atoms with Gasteiger partial charge in [0.1, 0.15) is 0 Å². The molecule has 2 aliphatic rings. The molecule has 48 heavy (non-hydrogen) atoms. The molecule has 1 saturated heterocycles. The summed E-state index contributed by atoms with van der Waals surface area (Å²) in [4.78, 5) is 2.75. The molecule has 0 aromatic heterocycles. The zero-order chi connectivity index (χ0) is 35.2. The molecule has 0 amide bonds. The monoisotopic (exact) mass is 655 g/mol. The minimum atomic E-state index is -2.81. The molecule has 1 saturated carbocycles. The molecule has 0 radical (unpaired) electrons. The number of rotatable bonds is 10. The smallest absolute Gasteiger partial charge is 0.270 e. The fourth-order valence-electron chi connectivity index (χ4n) is 6.74. The fraction of sp³-hybridized carbons (Fsp3) is 0.512. The second-order valence-corrected chi connectivity index (χ2v) is 14.0. The minimum absolute atomic E-state index is 0.0569. The van der Waals surface area contributed by atoms with Crippen LogP contribution in [-0.4, -0.2) is 24.0 Å². The number of benzene rings is 3. The molecule has 1 N–H and O–H groups in total. The van der Waals surface area contributed by atoms with E-state index in [9.17, 15) is 8.78 Å². The molecule has 260 valence electrons. The van der Waals surface area contributed by atoms with Gasteiger partial charge in [-0.25, -0.2) is 8.78 Å². The van der Waals surface area contributed by atoms with Crippen molar-refractivity contribution in [2.75, 3.05) is 18.4 Å². The van der Waals surface area contributed by atoms with E-state index >= 15 is 0 Å². The number of nitrogens with one attached hydrogen (secondary N) is 1. The van der Waals surface area contributed by atoms with Gasteiger partial charge in [0.25, 0.3) is 5.92 Å². The number of hydrogen-bond acceptors (Lipinski definition) is 3. The number of hydrogen-bond donors (Lipinski definition) is 1. The van der Waals surface area contributed by atoms with Gasteiger partial charge in [-0.2, -0.15) is 5.26 Å². The van der Waals surface area contributed by atoms with Gasteiger partial charge >= 0.3 is 0 Å². The molecule has 2 fully saturated rings. The number of unbranched alkanes of at least 4 members (excludes halogenated alkanes) is 3. The number of likely N-dealkylation sites (tertiary alicyclic amines) is 1. The third-order valence-electron chi connectivity index (χ3n) is 10.1. The van der Waals surface area contributed by atoms with Gasteiger partial charge in [0, 0.05) is 29.9 Å². The van der Waals surface area contributed by atoms with Crippen LogP contribution in [0.1, 0.15) is 128 Å². The van der Waals surface area contributed by atoms with Crippen molar-refractivity contribution < 1.29 is 8.78 Å². The Hall–Kier alpha value is -3.49. The predicted octanol–water partition coefficient (Wildman–Crippen LogP) is 12.6. The van der Waals surface area contributed by atoms with Crippen LogP contribution >= 0.6 is 0 Å². The van der Waals surface area contributed by atoms with Crippen LogP contribution in [0.5, 0.6) is 0 Å². The Kier molecular flexibility index (Phi) is 15.3. The van der Waals surface area contributed by atoms with Crippen LogP contribution in [0, 0.1) is 18.3 Å². The number of allylic oxidation sites excluding steroid dienone is 1. The Bertz CT molecular complexity index is 1450. The highest BCUT2D eigenvalue weighted by molar-refractivity contribution is 5.65. The Morgan fingerprint density at radius 2 is 1.56 bits per heavy atom. The summed E-state index contributed by atoms with van der Waals surface area (Å²) in [6.07, 6.45) is 14.5. The van der Waals surface area contributed by atoms with Crippen LogP contribution < -0.4 is 5.32 Å². The molecule has 0 unspecified atom stereocenters. The maximum absolute atomic E-state index is 13.3. The first-order chi connectivity index (χ1) is 22.9. The molecule has 3 aromatic carbocycles. The standard InChI is InChI=1S/C24H28N2.C13H17F2N.C6H14/c1-24(13-15-26(16-14-24)23-7-2-3-8-23)22-11-9-20(10-12-22)21-6-4-5-19(17-21)18-25;1-5-10(3)16-11-7-6-9(2)12(8-11)13(4,14)15;1-3-5-6-4-2/h4-6,9-12,17,23H,2-3,7-8,13-16H2,1H3;6-8,16H,3,5H2,1-2,4H3;3-6H2,1-2H3. The molecule has 0 bridgehead atoms. The average molecular weight is 656 g/mol. The molecule has 1 heterocycles. The Labute approximate surface area is 290 Å². The molecule has 3 nitrogen and oxygen atoms in total. The van der Waals surface area contributed by atoms with Gasteiger partial charge in [-0.1, -0.05) is 115 Å². The zero-order valence-corrected chi connectivity index (χ0v) is 30.5. The van der Waals surface area contributed by atoms with Crippen molar-refractivity contribution in [1.29, 1.82) is 5.26 Å². The summed E-state index contributed by atoms with van der Waals surface area (Å²) in [5, 5.41) is 12.1. The molecule has 3 aromatic rings. The zero-order valence-electron chi connectivity index (χ0n) is 30.5. The SMILES string of the molecule is C=C(CC)Nc1ccc(C)c(C(C)(F)F)c1.CC1(c2ccc(-c3cccc(C#N)c3)cc2)CCN(C2CCCC2)CC1.CCCCCC. The molecular formula is C43H59F2N3. The summed E-state index contributed by atoms with van der Waals surface area (Å²) in [5.74, 6) is -2.81. The number of nitriles is 1. The lowest BCUT2D eigenvalue weighted by molar-refractivity contribution is 0.0169. The highest BCUT2D eigenvalue weighted by atomic mass is 19.3. The van der Waals surface area contributed by atoms with E-state index in [1.807, 2.05) is 25.1 Å². The molecule has 5 heteroatoms. The maximum atomic E-state index is 13.3. The van der Waals surface area contributed by atoms with E-state index in [4.69, 9.17) is 5.26 Å². The van der Waals surface area contributed by atoms with E-state index in [2.05, 4.69) is 74.0 Å². The van der Waals surface area contributed by atoms with E-state index in [-0.39, 0.29) is 5.56 Å². The Morgan fingerprint density at radius 3 is 2.10 bits per heavy atom. The number of halogens is 2. The maximum Gasteiger partial charge on any atom is 0.270 e. The largest absolute Gasteiger partial charge is 0.359 e. The van der Waals surface area contributed by atoms with Crippen LogP contribution in [0.15, 0.2) is 79.0 Å². The summed E-state index contributed by atoms with van der Waals surface area (Å²) in [7, 11) is 0. The Morgan fingerprint density at radius 1 is 0.938 bits per heavy atom. The van der Waals surface area contributed by atoms with Crippen molar-refractivity contribution in [2.45, 2.75) is 130 Å². The number of piperidine rings is 1. The predicted molar refractivity (Wildman–Crippen MR) is 201 cm³/mol. The summed E-state index contributed by atoms with van der Waals surface area (Å²) < 4.78 is 26.5. The molecule has 5 rings (SSSR count). The average Bonchev–Trinajstić information content (AvgIpc) is 3.64. The summed E-state index contributed by atoms with van der Waals surface area (Å²) in [6, 6.07) is 25.0. The third kappa shape index (κ3) is 11.6. The summed E-state index contributed by atoms with van der Waals surface area (Å²) in [6.45, 7) is 17.7. The first-order valence-electron chi connectivity index (χ1n) is 18.2. The van der Waals surface area contributed by atoms with Crippen molar-refractivity contribution in [2.24, 2.45) is 0 Å². The third-order valence-corrected chi connectivity index (χ3v) is 10.1. The molecule has 0 atom stereocenters. The van der Waals surface area contributed by atoms with Crippen molar-refractivity contribution in [1.82, 2.24) is 4.90 Å². The lowest BCUT2D eigenvalue weighted by Crippen LogP contribution is -2.45. The summed E-state index contributed by atoms with van der Waals surface area (Å²) in [5.41, 5.74) is 6.92. The van der Waals surface area contributed by atoms with Gasteiger partial charge in [-0.3, -0.25) is 0 Å². The first-order valence-corrected chi connectivity index (χ1v) is 18.2. The van der Waals surface area contributed by atoms with E-state index in [0.29, 0.717) is 16.7 Å². The van der Waals surface area contributed by atoms with E-state index in [0.717, 1.165) is 36.2 Å². The minimum Gasteiger partial charge on any atom is -0.359 e. The van der Waals surface area contributed by atoms with Crippen molar-refractivity contribution >= 4 is 5.69 Å². The van der Waals surface area contributed by atoms with Gasteiger partial charge in [0.05, 0.1) is 11.6 Å². The van der Waals surface area contributed by atoms with Gasteiger partial charge in [0.15, 0.2) is 0 Å². The number of anilines is 1. The van der Waals surface area contributed by atoms with Crippen molar-refractivity contribution in [3.8, 4) is 17.2 Å². The van der Waals surface area contributed by atoms with Crippen LogP contribution in [0.4, 0.5) is 14.5 Å². The normalized spacial score (nSPS) is 16.1. The molecule has 0 spiro atoms. The quantitative estimate of drug-likeness (QED) is 0.221. The number of nitrogens with zero attached hydrogens (tertiary/aromatic N) is 2. The first kappa shape index (κ1) is 39.0. The lowest BCUT2D eigenvalue weighted by atomic mass is 9.74. The summed E-state index contributed by atoms with van der Waals surface area (Å²) >= 11 is 0. The second kappa shape index (κ2) is 18.9. The van der Waals surface area contributed by atoms with Gasteiger partial charge in [-0.15, -0.1) is 0 Å².